The molecular formula is C16H20Cl2O5S. The molecule has 0 aliphatic heterocycles. The number of halogens is 2. The molecule has 134 valence electrons. The molecule has 0 aliphatic carbocycles. The van der Waals surface area contributed by atoms with E-state index in [-0.39, 0.29) is 27.1 Å². The first-order valence-electron chi connectivity index (χ1n) is 7.14. The van der Waals surface area contributed by atoms with Gasteiger partial charge in [0.15, 0.2) is 9.84 Å². The monoisotopic (exact) mass is 394 g/mol. The quantitative estimate of drug-likeness (QED) is 0.564. The summed E-state index contributed by atoms with van der Waals surface area (Å²) in [5, 5.41) is -0.113. The van der Waals surface area contributed by atoms with Gasteiger partial charge in [0, 0.05) is 6.26 Å². The van der Waals surface area contributed by atoms with Crippen molar-refractivity contribution in [2.24, 2.45) is 5.92 Å². The van der Waals surface area contributed by atoms with Gasteiger partial charge < -0.3 is 4.74 Å². The topological polar surface area (TPSA) is 77.5 Å². The van der Waals surface area contributed by atoms with Crippen molar-refractivity contribution in [1.29, 1.82) is 0 Å². The van der Waals surface area contributed by atoms with Gasteiger partial charge >= 0.3 is 5.97 Å². The highest BCUT2D eigenvalue weighted by Crippen LogP contribution is 2.34. The normalized spacial score (nSPS) is 13.5. The third kappa shape index (κ3) is 5.46. The smallest absolute Gasteiger partial charge is 0.317 e. The number of hydrogen-bond acceptors (Lipinski definition) is 5. The average Bonchev–Trinajstić information content (AvgIpc) is 2.36. The molecule has 0 saturated heterocycles. The van der Waals surface area contributed by atoms with Crippen LogP contribution in [-0.4, -0.2) is 32.0 Å². The van der Waals surface area contributed by atoms with Crippen molar-refractivity contribution in [2.75, 3.05) is 6.26 Å². The van der Waals surface area contributed by atoms with Crippen LogP contribution < -0.4 is 0 Å². The van der Waals surface area contributed by atoms with Crippen LogP contribution in [0.25, 0.3) is 0 Å². The molecule has 0 bridgehead atoms. The van der Waals surface area contributed by atoms with Crippen molar-refractivity contribution in [3.8, 4) is 0 Å². The Morgan fingerprint density at radius 1 is 1.17 bits per heavy atom. The number of hydrogen-bond donors (Lipinski definition) is 0. The summed E-state index contributed by atoms with van der Waals surface area (Å²) in [6.07, 6.45) is 0.996. The highest BCUT2D eigenvalue weighted by atomic mass is 35.5. The zero-order valence-corrected chi connectivity index (χ0v) is 16.5. The minimum absolute atomic E-state index is 0.00870. The van der Waals surface area contributed by atoms with Gasteiger partial charge in [-0.05, 0) is 45.7 Å². The Kier molecular flexibility index (Phi) is 6.47. The zero-order chi connectivity index (χ0) is 18.9. The number of carbonyl (C=O) groups excluding carboxylic acids is 2. The number of benzene rings is 1. The van der Waals surface area contributed by atoms with Crippen molar-refractivity contribution in [2.45, 2.75) is 44.6 Å². The molecule has 0 amide bonds. The van der Waals surface area contributed by atoms with Gasteiger partial charge in [0.2, 0.25) is 0 Å². The van der Waals surface area contributed by atoms with E-state index in [1.807, 2.05) is 0 Å². The molecule has 24 heavy (non-hydrogen) atoms. The van der Waals surface area contributed by atoms with E-state index in [2.05, 4.69) is 0 Å². The SMILES string of the molecule is CC(=O)C(Cc1ccc(S(C)(=O)=O)c(Cl)c1Cl)C(=O)OC(C)(C)C. The average molecular weight is 395 g/mol. The molecule has 0 aromatic heterocycles. The lowest BCUT2D eigenvalue weighted by Crippen LogP contribution is -2.33. The van der Waals surface area contributed by atoms with Crippen molar-refractivity contribution >= 4 is 44.8 Å². The maximum Gasteiger partial charge on any atom is 0.317 e. The fourth-order valence-electron chi connectivity index (χ4n) is 2.00. The molecule has 0 N–H and O–H groups in total. The first-order chi connectivity index (χ1) is 10.7. The summed E-state index contributed by atoms with van der Waals surface area (Å²) in [5.74, 6) is -2.07. The van der Waals surface area contributed by atoms with Crippen molar-refractivity contribution in [1.82, 2.24) is 0 Å². The molecule has 5 nitrogen and oxygen atoms in total. The predicted molar refractivity (Wildman–Crippen MR) is 93.3 cm³/mol. The van der Waals surface area contributed by atoms with Crippen LogP contribution in [0.15, 0.2) is 17.0 Å². The van der Waals surface area contributed by atoms with E-state index in [1.165, 1.54) is 19.1 Å². The summed E-state index contributed by atoms with van der Waals surface area (Å²) >= 11 is 12.2. The molecule has 0 heterocycles. The van der Waals surface area contributed by atoms with Gasteiger partial charge in [-0.2, -0.15) is 0 Å². The Labute approximate surface area is 152 Å². The van der Waals surface area contributed by atoms with Crippen molar-refractivity contribution in [3.63, 3.8) is 0 Å². The number of ketones is 1. The van der Waals surface area contributed by atoms with Gasteiger partial charge in [-0.3, -0.25) is 9.59 Å². The van der Waals surface area contributed by atoms with Crippen LogP contribution >= 0.6 is 23.2 Å². The first-order valence-corrected chi connectivity index (χ1v) is 9.79. The van der Waals surface area contributed by atoms with Crippen LogP contribution in [0.1, 0.15) is 33.3 Å². The van der Waals surface area contributed by atoms with Crippen LogP contribution in [0.5, 0.6) is 0 Å². The summed E-state index contributed by atoms with van der Waals surface area (Å²) in [4.78, 5) is 23.9. The maximum atomic E-state index is 12.2. The summed E-state index contributed by atoms with van der Waals surface area (Å²) < 4.78 is 28.5. The molecule has 8 heteroatoms. The Morgan fingerprint density at radius 2 is 1.71 bits per heavy atom. The minimum Gasteiger partial charge on any atom is -0.459 e. The second-order valence-corrected chi connectivity index (χ2v) is 9.26. The summed E-state index contributed by atoms with van der Waals surface area (Å²) in [6.45, 7) is 6.39. The lowest BCUT2D eigenvalue weighted by molar-refractivity contribution is -0.161. The van der Waals surface area contributed by atoms with E-state index in [1.54, 1.807) is 20.8 Å². The van der Waals surface area contributed by atoms with Gasteiger partial charge in [0.25, 0.3) is 0 Å². The molecule has 0 radical (unpaired) electrons. The minimum atomic E-state index is -3.53. The molecule has 1 aromatic carbocycles. The van der Waals surface area contributed by atoms with Crippen molar-refractivity contribution in [3.05, 3.63) is 27.7 Å². The standard InChI is InChI=1S/C16H20Cl2O5S/c1-9(19)11(15(20)23-16(2,3)4)8-10-6-7-12(24(5,21)22)14(18)13(10)17/h6-7,11H,8H2,1-5H3. The van der Waals surface area contributed by atoms with Crippen LogP contribution in [0, 0.1) is 5.92 Å². The number of rotatable bonds is 5. The van der Waals surface area contributed by atoms with E-state index < -0.39 is 27.3 Å². The fraction of sp³-hybridized carbons (Fsp3) is 0.500. The lowest BCUT2D eigenvalue weighted by atomic mass is 9.95. The Morgan fingerprint density at radius 3 is 2.12 bits per heavy atom. The molecule has 0 fully saturated rings. The fourth-order valence-corrected chi connectivity index (χ4v) is 3.65. The number of Topliss-reactive ketones (excluding diaryl/α,β-unsaturated/α-hetero) is 1. The first kappa shape index (κ1) is 20.9. The number of sulfone groups is 1. The van der Waals surface area contributed by atoms with Gasteiger partial charge in [-0.15, -0.1) is 0 Å². The third-order valence-corrected chi connectivity index (χ3v) is 5.30. The highest BCUT2D eigenvalue weighted by molar-refractivity contribution is 7.90. The number of carbonyl (C=O) groups is 2. The van der Waals surface area contributed by atoms with E-state index >= 15 is 0 Å². The molecule has 0 aliphatic rings. The molecule has 1 unspecified atom stereocenters. The molecule has 1 rings (SSSR count). The number of ether oxygens (including phenoxy) is 1. The summed E-state index contributed by atoms with van der Waals surface area (Å²) in [7, 11) is -3.53. The maximum absolute atomic E-state index is 12.2. The van der Waals surface area contributed by atoms with Crippen LogP contribution in [0.4, 0.5) is 0 Å². The lowest BCUT2D eigenvalue weighted by Gasteiger charge is -2.23. The number of esters is 1. The Bertz CT molecular complexity index is 763. The molecule has 1 aromatic rings. The summed E-state index contributed by atoms with van der Waals surface area (Å²) in [6, 6.07) is 2.76. The molecule has 0 spiro atoms. The van der Waals surface area contributed by atoms with Crippen LogP contribution in [0.3, 0.4) is 0 Å². The van der Waals surface area contributed by atoms with Gasteiger partial charge in [0.1, 0.15) is 17.3 Å². The third-order valence-electron chi connectivity index (χ3n) is 3.13. The Balaban J connectivity index is 3.20. The van der Waals surface area contributed by atoms with Crippen LogP contribution in [0.2, 0.25) is 10.0 Å². The predicted octanol–water partition coefficient (Wildman–Crippen LogP) is 3.49. The molecule has 1 atom stereocenters. The zero-order valence-electron chi connectivity index (χ0n) is 14.1. The second kappa shape index (κ2) is 7.42. The van der Waals surface area contributed by atoms with Gasteiger partial charge in [-0.1, -0.05) is 29.3 Å². The summed E-state index contributed by atoms with van der Waals surface area (Å²) in [5.41, 5.74) is -0.327. The van der Waals surface area contributed by atoms with Crippen molar-refractivity contribution < 1.29 is 22.7 Å². The Hall–Kier alpha value is -1.11. The highest BCUT2D eigenvalue weighted by Gasteiger charge is 2.30. The van der Waals surface area contributed by atoms with Gasteiger partial charge in [-0.25, -0.2) is 8.42 Å². The molecule has 0 saturated carbocycles. The van der Waals surface area contributed by atoms with E-state index in [9.17, 15) is 18.0 Å². The van der Waals surface area contributed by atoms with Crippen LogP contribution in [-0.2, 0) is 30.6 Å². The van der Waals surface area contributed by atoms with E-state index in [4.69, 9.17) is 27.9 Å². The van der Waals surface area contributed by atoms with E-state index in [0.29, 0.717) is 5.56 Å². The largest absolute Gasteiger partial charge is 0.459 e. The molecular weight excluding hydrogens is 375 g/mol. The second-order valence-electron chi connectivity index (χ2n) is 6.52. The van der Waals surface area contributed by atoms with E-state index in [0.717, 1.165) is 6.26 Å². The van der Waals surface area contributed by atoms with Gasteiger partial charge in [0.05, 0.1) is 14.9 Å².